The summed E-state index contributed by atoms with van der Waals surface area (Å²) in [4.78, 5) is 4.54. The van der Waals surface area contributed by atoms with Crippen molar-refractivity contribution in [2.75, 3.05) is 13.7 Å². The molecule has 100 valence electrons. The van der Waals surface area contributed by atoms with Crippen molar-refractivity contribution in [3.8, 4) is 0 Å². The number of nitrogens with zero attached hydrogens (tertiary/aromatic N) is 1. The second-order valence-electron chi connectivity index (χ2n) is 5.21. The Labute approximate surface area is 110 Å². The minimum atomic E-state index is 0.322. The quantitative estimate of drug-likeness (QED) is 0.867. The van der Waals surface area contributed by atoms with Crippen LogP contribution in [0.3, 0.4) is 0 Å². The van der Waals surface area contributed by atoms with E-state index in [0.29, 0.717) is 18.1 Å². The Balaban J connectivity index is 2.00. The van der Waals surface area contributed by atoms with Gasteiger partial charge in [0, 0.05) is 31.0 Å². The number of hydrogen-bond acceptors (Lipinski definition) is 3. The maximum Gasteiger partial charge on any atom is 0.0758 e. The van der Waals surface area contributed by atoms with E-state index >= 15 is 0 Å². The number of nitrogens with one attached hydrogen (secondary N) is 1. The van der Waals surface area contributed by atoms with Crippen molar-refractivity contribution in [1.82, 2.24) is 10.3 Å². The highest BCUT2D eigenvalue weighted by Gasteiger charge is 2.31. The molecule has 18 heavy (non-hydrogen) atoms. The molecule has 3 nitrogen and oxygen atoms in total. The Morgan fingerprint density at radius 1 is 1.50 bits per heavy atom. The predicted octanol–water partition coefficient (Wildman–Crippen LogP) is 2.20. The van der Waals surface area contributed by atoms with Gasteiger partial charge in [-0.3, -0.25) is 4.98 Å². The van der Waals surface area contributed by atoms with Gasteiger partial charge in [0.25, 0.3) is 0 Å². The Morgan fingerprint density at radius 3 is 2.83 bits per heavy atom. The molecule has 1 aromatic heterocycles. The van der Waals surface area contributed by atoms with E-state index in [4.69, 9.17) is 4.74 Å². The molecule has 0 aromatic carbocycles. The van der Waals surface area contributed by atoms with E-state index in [9.17, 15) is 0 Å². The van der Waals surface area contributed by atoms with Gasteiger partial charge in [0.05, 0.1) is 6.10 Å². The standard InChI is InChI=1S/C15H24N2O/c1-4-12-5-6-13(17-10-12)9-14(16-3)15-11(2)7-8-18-15/h5-6,10-11,14-16H,4,7-9H2,1-3H3. The van der Waals surface area contributed by atoms with Crippen molar-refractivity contribution < 1.29 is 4.74 Å². The van der Waals surface area contributed by atoms with Crippen LogP contribution >= 0.6 is 0 Å². The largest absolute Gasteiger partial charge is 0.376 e. The third kappa shape index (κ3) is 3.09. The lowest BCUT2D eigenvalue weighted by atomic mass is 9.94. The molecule has 0 saturated carbocycles. The van der Waals surface area contributed by atoms with E-state index in [1.54, 1.807) is 0 Å². The first-order valence-corrected chi connectivity index (χ1v) is 6.97. The van der Waals surface area contributed by atoms with E-state index < -0.39 is 0 Å². The molecule has 1 N–H and O–H groups in total. The molecule has 0 aliphatic carbocycles. The maximum atomic E-state index is 5.85. The number of ether oxygens (including phenoxy) is 1. The van der Waals surface area contributed by atoms with Gasteiger partial charge in [0.1, 0.15) is 0 Å². The van der Waals surface area contributed by atoms with Crippen LogP contribution in [0.25, 0.3) is 0 Å². The number of aromatic nitrogens is 1. The molecule has 0 spiro atoms. The summed E-state index contributed by atoms with van der Waals surface area (Å²) in [5, 5.41) is 3.39. The van der Waals surface area contributed by atoms with Crippen LogP contribution in [0.15, 0.2) is 18.3 Å². The van der Waals surface area contributed by atoms with Crippen LogP contribution in [-0.4, -0.2) is 30.8 Å². The molecule has 3 atom stereocenters. The van der Waals surface area contributed by atoms with Gasteiger partial charge in [-0.25, -0.2) is 0 Å². The van der Waals surface area contributed by atoms with Crippen LogP contribution < -0.4 is 5.32 Å². The van der Waals surface area contributed by atoms with Crippen molar-refractivity contribution in [3.63, 3.8) is 0 Å². The zero-order valence-electron chi connectivity index (χ0n) is 11.6. The molecule has 0 amide bonds. The first kappa shape index (κ1) is 13.5. The predicted molar refractivity (Wildman–Crippen MR) is 73.7 cm³/mol. The summed E-state index contributed by atoms with van der Waals surface area (Å²) >= 11 is 0. The van der Waals surface area contributed by atoms with E-state index in [1.807, 2.05) is 13.2 Å². The molecule has 2 heterocycles. The number of rotatable bonds is 5. The first-order chi connectivity index (χ1) is 8.74. The second kappa shape index (κ2) is 6.30. The van der Waals surface area contributed by atoms with Gasteiger partial charge in [-0.2, -0.15) is 0 Å². The fraction of sp³-hybridized carbons (Fsp3) is 0.667. The molecule has 1 aliphatic rings. The molecule has 3 unspecified atom stereocenters. The van der Waals surface area contributed by atoms with Crippen LogP contribution in [0.5, 0.6) is 0 Å². The molecule has 1 aliphatic heterocycles. The highest BCUT2D eigenvalue weighted by molar-refractivity contribution is 5.15. The Morgan fingerprint density at radius 2 is 2.33 bits per heavy atom. The fourth-order valence-corrected chi connectivity index (χ4v) is 2.62. The number of hydrogen-bond donors (Lipinski definition) is 1. The summed E-state index contributed by atoms with van der Waals surface area (Å²) in [6.07, 6.45) is 5.47. The number of aryl methyl sites for hydroxylation is 1. The molecule has 2 rings (SSSR count). The molecule has 0 radical (unpaired) electrons. The lowest BCUT2D eigenvalue weighted by Crippen LogP contribution is -2.42. The van der Waals surface area contributed by atoms with Gasteiger partial charge in [-0.05, 0) is 37.4 Å². The normalized spacial score (nSPS) is 25.3. The second-order valence-corrected chi connectivity index (χ2v) is 5.21. The highest BCUT2D eigenvalue weighted by Crippen LogP contribution is 2.24. The zero-order valence-corrected chi connectivity index (χ0v) is 11.6. The van der Waals surface area contributed by atoms with E-state index in [-0.39, 0.29) is 0 Å². The van der Waals surface area contributed by atoms with Crippen LogP contribution in [0, 0.1) is 5.92 Å². The third-order valence-corrected chi connectivity index (χ3v) is 3.93. The van der Waals surface area contributed by atoms with Gasteiger partial charge in [-0.15, -0.1) is 0 Å². The third-order valence-electron chi connectivity index (χ3n) is 3.93. The minimum Gasteiger partial charge on any atom is -0.376 e. The molecule has 0 bridgehead atoms. The smallest absolute Gasteiger partial charge is 0.0758 e. The maximum absolute atomic E-state index is 5.85. The Kier molecular flexibility index (Phi) is 4.72. The lowest BCUT2D eigenvalue weighted by Gasteiger charge is -2.25. The van der Waals surface area contributed by atoms with E-state index in [0.717, 1.165) is 25.1 Å². The van der Waals surface area contributed by atoms with Gasteiger partial charge >= 0.3 is 0 Å². The summed E-state index contributed by atoms with van der Waals surface area (Å²) in [6, 6.07) is 4.68. The summed E-state index contributed by atoms with van der Waals surface area (Å²) in [6.45, 7) is 5.32. The fourth-order valence-electron chi connectivity index (χ4n) is 2.62. The van der Waals surface area contributed by atoms with Gasteiger partial charge in [0.15, 0.2) is 0 Å². The van der Waals surface area contributed by atoms with Crippen molar-refractivity contribution >= 4 is 0 Å². The first-order valence-electron chi connectivity index (χ1n) is 6.97. The van der Waals surface area contributed by atoms with E-state index in [2.05, 4.69) is 36.3 Å². The molecular weight excluding hydrogens is 224 g/mol. The average Bonchev–Trinajstić information content (AvgIpc) is 2.83. The zero-order chi connectivity index (χ0) is 13.0. The van der Waals surface area contributed by atoms with Gasteiger partial charge in [-0.1, -0.05) is 19.9 Å². The topological polar surface area (TPSA) is 34.1 Å². The SMILES string of the molecule is CCc1ccc(CC(NC)C2OCCC2C)nc1. The van der Waals surface area contributed by atoms with Crippen LogP contribution in [0.1, 0.15) is 31.5 Å². The average molecular weight is 248 g/mol. The van der Waals surface area contributed by atoms with Crippen molar-refractivity contribution in [1.29, 1.82) is 0 Å². The summed E-state index contributed by atoms with van der Waals surface area (Å²) in [5.41, 5.74) is 2.44. The molecule has 1 fully saturated rings. The number of pyridine rings is 1. The number of likely N-dealkylation sites (N-methyl/N-ethyl adjacent to an activating group) is 1. The molecular formula is C15H24N2O. The summed E-state index contributed by atoms with van der Waals surface area (Å²) < 4.78 is 5.85. The van der Waals surface area contributed by atoms with E-state index in [1.165, 1.54) is 12.0 Å². The summed E-state index contributed by atoms with van der Waals surface area (Å²) in [7, 11) is 2.01. The van der Waals surface area contributed by atoms with Crippen molar-refractivity contribution in [2.24, 2.45) is 5.92 Å². The van der Waals surface area contributed by atoms with Crippen LogP contribution in [-0.2, 0) is 17.6 Å². The molecule has 1 aromatic rings. The van der Waals surface area contributed by atoms with Crippen LogP contribution in [0.4, 0.5) is 0 Å². The molecule has 1 saturated heterocycles. The van der Waals surface area contributed by atoms with Gasteiger partial charge < -0.3 is 10.1 Å². The Bertz CT molecular complexity index is 363. The summed E-state index contributed by atoms with van der Waals surface area (Å²) in [5.74, 6) is 0.636. The van der Waals surface area contributed by atoms with Crippen molar-refractivity contribution in [2.45, 2.75) is 45.3 Å². The van der Waals surface area contributed by atoms with Crippen molar-refractivity contribution in [3.05, 3.63) is 29.6 Å². The van der Waals surface area contributed by atoms with Gasteiger partial charge in [0.2, 0.25) is 0 Å². The lowest BCUT2D eigenvalue weighted by molar-refractivity contribution is 0.0631. The van der Waals surface area contributed by atoms with Crippen LogP contribution in [0.2, 0.25) is 0 Å². The monoisotopic (exact) mass is 248 g/mol. The highest BCUT2D eigenvalue weighted by atomic mass is 16.5. The minimum absolute atomic E-state index is 0.322. The molecule has 3 heteroatoms. The Hall–Kier alpha value is -0.930.